The molecule has 0 saturated heterocycles. The van der Waals surface area contributed by atoms with Gasteiger partial charge in [-0.1, -0.05) is 17.7 Å². The molecule has 0 radical (unpaired) electrons. The smallest absolute Gasteiger partial charge is 0.417 e. The van der Waals surface area contributed by atoms with Crippen LogP contribution in [0.2, 0.25) is 5.02 Å². The van der Waals surface area contributed by atoms with Crippen molar-refractivity contribution in [2.45, 2.75) is 12.6 Å². The van der Waals surface area contributed by atoms with Gasteiger partial charge in [-0.3, -0.25) is 9.78 Å². The fraction of sp³-hybridized carbons (Fsp3) is 0.133. The molecule has 4 aromatic rings. The summed E-state index contributed by atoms with van der Waals surface area (Å²) in [4.78, 5) is 35.8. The van der Waals surface area contributed by atoms with Gasteiger partial charge >= 0.3 is 18.1 Å². The largest absolute Gasteiger partial charge is 0.493 e. The Labute approximate surface area is 253 Å². The van der Waals surface area contributed by atoms with Gasteiger partial charge in [0.05, 0.1) is 36.7 Å². The van der Waals surface area contributed by atoms with Crippen LogP contribution >= 0.6 is 11.6 Å². The molecule has 44 heavy (non-hydrogen) atoms. The van der Waals surface area contributed by atoms with Crippen molar-refractivity contribution in [1.82, 2.24) is 4.98 Å². The fourth-order valence-corrected chi connectivity index (χ4v) is 3.93. The van der Waals surface area contributed by atoms with E-state index in [1.54, 1.807) is 55.8 Å². The number of methoxy groups -OCH3 is 2. The normalized spacial score (nSPS) is 11.0. The van der Waals surface area contributed by atoms with Gasteiger partial charge in [-0.05, 0) is 54.1 Å². The Bertz CT molecular complexity index is 1680. The monoisotopic (exact) mass is 632 g/mol. The van der Waals surface area contributed by atoms with Crippen LogP contribution in [0, 0.1) is 0 Å². The molecular weight excluding hydrogens is 609 g/mol. The van der Waals surface area contributed by atoms with Crippen molar-refractivity contribution in [2.75, 3.05) is 19.5 Å². The zero-order valence-electron chi connectivity index (χ0n) is 23.0. The fourth-order valence-electron chi connectivity index (χ4n) is 3.70. The molecule has 3 aromatic carbocycles. The number of rotatable bonds is 9. The number of amides is 1. The lowest BCUT2D eigenvalue weighted by Crippen LogP contribution is -2.15. The van der Waals surface area contributed by atoms with Gasteiger partial charge in [0.25, 0.3) is 0 Å². The Morgan fingerprint density at radius 3 is 2.07 bits per heavy atom. The van der Waals surface area contributed by atoms with Gasteiger partial charge in [-0.25, -0.2) is 9.59 Å². The number of ether oxygens (including phenoxy) is 3. The van der Waals surface area contributed by atoms with E-state index in [4.69, 9.17) is 36.0 Å². The predicted octanol–water partition coefficient (Wildman–Crippen LogP) is 6.61. The number of carboxylic acids is 2. The maximum Gasteiger partial charge on any atom is 0.417 e. The van der Waals surface area contributed by atoms with E-state index in [0.717, 1.165) is 12.1 Å². The molecular formula is C30H24ClF3N2O8. The summed E-state index contributed by atoms with van der Waals surface area (Å²) in [6.45, 7) is 0. The molecule has 4 rings (SSSR count). The molecule has 0 aliphatic rings. The van der Waals surface area contributed by atoms with Crippen molar-refractivity contribution in [3.8, 4) is 23.0 Å². The molecule has 0 aliphatic carbocycles. The lowest BCUT2D eigenvalue weighted by Gasteiger charge is -2.13. The molecule has 1 aromatic heterocycles. The zero-order chi connectivity index (χ0) is 32.4. The number of aliphatic carboxylic acids is 2. The molecule has 1 heterocycles. The van der Waals surface area contributed by atoms with Gasteiger partial charge in [0.15, 0.2) is 11.5 Å². The van der Waals surface area contributed by atoms with Crippen LogP contribution in [0.4, 0.5) is 18.9 Å². The van der Waals surface area contributed by atoms with Gasteiger partial charge in [-0.2, -0.15) is 13.2 Å². The lowest BCUT2D eigenvalue weighted by atomic mass is 10.1. The van der Waals surface area contributed by atoms with Gasteiger partial charge in [-0.15, -0.1) is 0 Å². The summed E-state index contributed by atoms with van der Waals surface area (Å²) in [5, 5.41) is 18.6. The maximum absolute atomic E-state index is 13.1. The first-order valence-electron chi connectivity index (χ1n) is 12.4. The van der Waals surface area contributed by atoms with Crippen LogP contribution in [0.15, 0.2) is 79.0 Å². The predicted molar refractivity (Wildman–Crippen MR) is 155 cm³/mol. The summed E-state index contributed by atoms with van der Waals surface area (Å²) in [6.07, 6.45) is -2.12. The first kappa shape index (κ1) is 33.2. The van der Waals surface area contributed by atoms with E-state index in [0.29, 0.717) is 51.7 Å². The van der Waals surface area contributed by atoms with Crippen LogP contribution in [0.5, 0.6) is 23.0 Å². The molecule has 14 heteroatoms. The van der Waals surface area contributed by atoms with E-state index >= 15 is 0 Å². The number of alkyl halides is 3. The molecule has 0 aliphatic heterocycles. The number of carbonyl (C=O) groups excluding carboxylic acids is 1. The number of benzene rings is 3. The number of nitrogens with zero attached hydrogens (tertiary/aromatic N) is 1. The highest BCUT2D eigenvalue weighted by atomic mass is 35.5. The molecule has 0 bridgehead atoms. The second kappa shape index (κ2) is 14.7. The van der Waals surface area contributed by atoms with E-state index in [1.807, 2.05) is 0 Å². The number of halogens is 4. The Hall–Kier alpha value is -5.30. The summed E-state index contributed by atoms with van der Waals surface area (Å²) in [5.74, 6) is -0.865. The minimum absolute atomic E-state index is 0.195. The van der Waals surface area contributed by atoms with Crippen LogP contribution in [0.1, 0.15) is 11.1 Å². The number of aromatic nitrogens is 1. The number of carboxylic acid groups (broad SMARTS) is 2. The Morgan fingerprint density at radius 2 is 1.50 bits per heavy atom. The quantitative estimate of drug-likeness (QED) is 0.174. The average Bonchev–Trinajstić information content (AvgIpc) is 2.97. The Kier molecular flexibility index (Phi) is 11.1. The number of fused-ring (bicyclic) bond motifs is 1. The number of hydrogen-bond acceptors (Lipinski definition) is 7. The van der Waals surface area contributed by atoms with Crippen molar-refractivity contribution < 1.29 is 52.0 Å². The number of nitrogens with one attached hydrogen (secondary N) is 1. The third-order valence-corrected chi connectivity index (χ3v) is 5.97. The molecule has 1 amide bonds. The van der Waals surface area contributed by atoms with Gasteiger partial charge in [0.1, 0.15) is 11.5 Å². The van der Waals surface area contributed by atoms with E-state index in [9.17, 15) is 27.6 Å². The third-order valence-electron chi connectivity index (χ3n) is 5.64. The number of pyridine rings is 1. The van der Waals surface area contributed by atoms with E-state index in [-0.39, 0.29) is 12.0 Å². The van der Waals surface area contributed by atoms with E-state index < -0.39 is 34.6 Å². The number of carbonyl (C=O) groups is 3. The molecule has 230 valence electrons. The minimum Gasteiger partial charge on any atom is -0.493 e. The van der Waals surface area contributed by atoms with Crippen LogP contribution < -0.4 is 19.5 Å². The highest BCUT2D eigenvalue weighted by Gasteiger charge is 2.33. The average molecular weight is 633 g/mol. The van der Waals surface area contributed by atoms with E-state index in [2.05, 4.69) is 10.3 Å². The van der Waals surface area contributed by atoms with Gasteiger partial charge in [0.2, 0.25) is 5.91 Å². The highest BCUT2D eigenvalue weighted by Crippen LogP contribution is 2.37. The summed E-state index contributed by atoms with van der Waals surface area (Å²) < 4.78 is 55.8. The van der Waals surface area contributed by atoms with Crippen molar-refractivity contribution in [3.05, 3.63) is 95.2 Å². The van der Waals surface area contributed by atoms with E-state index in [1.165, 1.54) is 13.2 Å². The molecule has 0 fully saturated rings. The first-order chi connectivity index (χ1) is 20.8. The molecule has 0 unspecified atom stereocenters. The molecule has 0 atom stereocenters. The Balaban J connectivity index is 0.000000583. The maximum atomic E-state index is 13.1. The van der Waals surface area contributed by atoms with Crippen LogP contribution in [0.3, 0.4) is 0 Å². The van der Waals surface area contributed by atoms with Crippen molar-refractivity contribution in [3.63, 3.8) is 0 Å². The Morgan fingerprint density at radius 1 is 0.886 bits per heavy atom. The van der Waals surface area contributed by atoms with Crippen molar-refractivity contribution >= 4 is 46.0 Å². The summed E-state index contributed by atoms with van der Waals surface area (Å²) in [7, 11) is 3.08. The molecule has 0 spiro atoms. The SMILES string of the molecule is COc1cc2nccc(Oc3ccc(NC(=O)Cc4ccc(Cl)c(C(F)(F)F)c4)cc3)c2cc1OC.O=C(O)/C=C\C(=O)O. The standard InChI is InChI=1S/C26H20ClF3N2O4.C4H4O4/c1-34-23-13-18-21(14-24(23)35-2)31-10-9-22(18)36-17-6-4-16(5-7-17)32-25(33)12-15-3-8-20(27)19(11-15)26(28,29)30;5-3(6)1-2-4(7)8/h3-11,13-14H,12H2,1-2H3,(H,32,33);1-2H,(H,5,6)(H,7,8)/b;2-1-. The minimum atomic E-state index is -4.60. The van der Waals surface area contributed by atoms with Crippen LogP contribution in [-0.4, -0.2) is 47.3 Å². The summed E-state index contributed by atoms with van der Waals surface area (Å²) in [5.41, 5.74) is 0.338. The van der Waals surface area contributed by atoms with Crippen molar-refractivity contribution in [2.24, 2.45) is 0 Å². The zero-order valence-corrected chi connectivity index (χ0v) is 23.8. The summed E-state index contributed by atoms with van der Waals surface area (Å²) >= 11 is 5.63. The molecule has 3 N–H and O–H groups in total. The van der Waals surface area contributed by atoms with Crippen LogP contribution in [-0.2, 0) is 27.0 Å². The molecule has 10 nitrogen and oxygen atoms in total. The van der Waals surface area contributed by atoms with Crippen LogP contribution in [0.25, 0.3) is 10.9 Å². The highest BCUT2D eigenvalue weighted by molar-refractivity contribution is 6.31. The van der Waals surface area contributed by atoms with Gasteiger partial charge < -0.3 is 29.7 Å². The number of hydrogen-bond donors (Lipinski definition) is 3. The molecule has 0 saturated carbocycles. The summed E-state index contributed by atoms with van der Waals surface area (Å²) in [6, 6.07) is 15.2. The van der Waals surface area contributed by atoms with Crippen molar-refractivity contribution in [1.29, 1.82) is 0 Å². The first-order valence-corrected chi connectivity index (χ1v) is 12.8. The number of anilines is 1. The van der Waals surface area contributed by atoms with Gasteiger partial charge in [0, 0.05) is 35.5 Å². The second-order valence-corrected chi connectivity index (χ2v) is 9.11. The topological polar surface area (TPSA) is 144 Å². The second-order valence-electron chi connectivity index (χ2n) is 8.71. The third kappa shape index (κ3) is 9.36. The lowest BCUT2D eigenvalue weighted by molar-refractivity contribution is -0.137.